The first kappa shape index (κ1) is 20.0. The summed E-state index contributed by atoms with van der Waals surface area (Å²) in [5.41, 5.74) is 8.32. The van der Waals surface area contributed by atoms with Gasteiger partial charge >= 0.3 is 6.03 Å². The van der Waals surface area contributed by atoms with Crippen LogP contribution < -0.4 is 32.3 Å². The number of amides is 2. The molecule has 32 heavy (non-hydrogen) atoms. The van der Waals surface area contributed by atoms with Gasteiger partial charge in [0.1, 0.15) is 28.4 Å². The molecule has 7 N–H and O–H groups in total. The van der Waals surface area contributed by atoms with Crippen LogP contribution in [0.1, 0.15) is 0 Å². The molecule has 4 aliphatic heterocycles. The van der Waals surface area contributed by atoms with Crippen molar-refractivity contribution in [1.29, 1.82) is 0 Å². The van der Waals surface area contributed by atoms with Crippen molar-refractivity contribution in [3.8, 4) is 0 Å². The summed E-state index contributed by atoms with van der Waals surface area (Å²) in [5, 5.41) is 16.9. The topological polar surface area (TPSA) is 119 Å². The molecule has 4 aliphatic rings. The third-order valence-electron chi connectivity index (χ3n) is 5.97. The summed E-state index contributed by atoms with van der Waals surface area (Å²) in [6.07, 6.45) is -0.352. The number of benzene rings is 2. The van der Waals surface area contributed by atoms with Crippen LogP contribution in [0.25, 0.3) is 0 Å². The number of thioether (sulfide) groups is 2. The lowest BCUT2D eigenvalue weighted by Crippen LogP contribution is -2.71. The number of nitrogens with zero attached hydrogens (tertiary/aromatic N) is 2. The van der Waals surface area contributed by atoms with Gasteiger partial charge in [0.05, 0.1) is 17.5 Å². The van der Waals surface area contributed by atoms with E-state index < -0.39 is 0 Å². The van der Waals surface area contributed by atoms with E-state index >= 15 is 0 Å². The standard InChI is InChI=1S/C21H24N8OS2/c22-15-13-18(32-20(25-13)24-12-9-5-2-6-10-12)29-16(27-15)14-17(28-21(29)30)31-19(26-14)23-11-7-3-1-4-8-11/h1-10,13-14,16-20,23-26H,(H2,22,27)(H,28,30). The predicted molar refractivity (Wildman–Crippen MR) is 130 cm³/mol. The number of nitrogens with two attached hydrogens (primary N) is 1. The van der Waals surface area contributed by atoms with Crippen molar-refractivity contribution in [2.45, 2.75) is 40.0 Å². The van der Waals surface area contributed by atoms with E-state index in [0.29, 0.717) is 5.84 Å². The van der Waals surface area contributed by atoms with E-state index in [9.17, 15) is 4.79 Å². The van der Waals surface area contributed by atoms with Crippen LogP contribution in [0.15, 0.2) is 65.7 Å². The number of carbonyl (C=O) groups is 1. The summed E-state index contributed by atoms with van der Waals surface area (Å²) in [5.74, 6) is 0.542. The average molecular weight is 469 g/mol. The first-order chi connectivity index (χ1) is 15.7. The molecule has 0 radical (unpaired) electrons. The third-order valence-corrected chi connectivity index (χ3v) is 8.50. The Morgan fingerprint density at radius 1 is 0.906 bits per heavy atom. The van der Waals surface area contributed by atoms with E-state index in [1.54, 1.807) is 23.5 Å². The largest absolute Gasteiger partial charge is 0.386 e. The fraction of sp³-hybridized carbons (Fsp3) is 0.333. The molecule has 0 aromatic heterocycles. The number of amidine groups is 1. The van der Waals surface area contributed by atoms with Crippen molar-refractivity contribution in [3.63, 3.8) is 0 Å². The molecule has 4 heterocycles. The molecule has 0 aliphatic carbocycles. The van der Waals surface area contributed by atoms with E-state index in [2.05, 4.69) is 26.6 Å². The second kappa shape index (κ2) is 8.07. The average Bonchev–Trinajstić information content (AvgIpc) is 3.39. The van der Waals surface area contributed by atoms with E-state index in [-0.39, 0.29) is 46.0 Å². The molecular weight excluding hydrogens is 444 g/mol. The normalized spacial score (nSPS) is 35.2. The Hall–Kier alpha value is -2.60. The Labute approximate surface area is 194 Å². The smallest absolute Gasteiger partial charge is 0.321 e. The zero-order valence-corrected chi connectivity index (χ0v) is 18.6. The molecule has 2 aromatic rings. The number of para-hydroxylation sites is 2. The highest BCUT2D eigenvalue weighted by Gasteiger charge is 2.56. The lowest BCUT2D eigenvalue weighted by atomic mass is 10.1. The van der Waals surface area contributed by atoms with E-state index in [4.69, 9.17) is 10.7 Å². The van der Waals surface area contributed by atoms with Crippen LogP contribution in [-0.2, 0) is 0 Å². The molecule has 9 nitrogen and oxygen atoms in total. The Balaban J connectivity index is 1.20. The zero-order chi connectivity index (χ0) is 21.7. The van der Waals surface area contributed by atoms with Crippen LogP contribution in [0.5, 0.6) is 0 Å². The highest BCUT2D eigenvalue weighted by atomic mass is 32.2. The van der Waals surface area contributed by atoms with Gasteiger partial charge in [-0.15, -0.1) is 0 Å². The van der Waals surface area contributed by atoms with Crippen LogP contribution >= 0.6 is 23.5 Å². The molecule has 0 bridgehead atoms. The van der Waals surface area contributed by atoms with Gasteiger partial charge in [0.2, 0.25) is 0 Å². The van der Waals surface area contributed by atoms with Gasteiger partial charge in [-0.25, -0.2) is 9.79 Å². The van der Waals surface area contributed by atoms with Gasteiger partial charge in [-0.05, 0) is 24.3 Å². The van der Waals surface area contributed by atoms with Gasteiger partial charge in [0.15, 0.2) is 0 Å². The highest BCUT2D eigenvalue weighted by molar-refractivity contribution is 8.01. The van der Waals surface area contributed by atoms with E-state index in [1.807, 2.05) is 65.6 Å². The Morgan fingerprint density at radius 3 is 2.19 bits per heavy atom. The van der Waals surface area contributed by atoms with Gasteiger partial charge in [0, 0.05) is 11.4 Å². The molecule has 166 valence electrons. The zero-order valence-electron chi connectivity index (χ0n) is 17.0. The Morgan fingerprint density at radius 2 is 1.53 bits per heavy atom. The number of fused-ring (bicyclic) bond motifs is 5. The quantitative estimate of drug-likeness (QED) is 0.400. The molecule has 6 rings (SSSR count). The van der Waals surface area contributed by atoms with Crippen LogP contribution in [0.4, 0.5) is 16.2 Å². The predicted octanol–water partition coefficient (Wildman–Crippen LogP) is 1.56. The number of hydrogen-bond donors (Lipinski definition) is 6. The molecule has 0 saturated carbocycles. The maximum atomic E-state index is 13.1. The first-order valence-electron chi connectivity index (χ1n) is 10.5. The second-order valence-corrected chi connectivity index (χ2v) is 10.5. The SMILES string of the molecule is NC1=NC2C3NC(Nc4ccccc4)SC3NC(=O)N2C2SC(Nc3ccccc3)NC12. The minimum atomic E-state index is -0.352. The minimum absolute atomic E-state index is 0.0383. The second-order valence-electron chi connectivity index (χ2n) is 8.03. The fourth-order valence-electron chi connectivity index (χ4n) is 4.51. The molecule has 7 unspecified atom stereocenters. The molecule has 7 atom stereocenters. The lowest BCUT2D eigenvalue weighted by molar-refractivity contribution is 0.118. The summed E-state index contributed by atoms with van der Waals surface area (Å²) in [4.78, 5) is 19.7. The maximum Gasteiger partial charge on any atom is 0.321 e. The van der Waals surface area contributed by atoms with Crippen LogP contribution in [0.2, 0.25) is 0 Å². The summed E-state index contributed by atoms with van der Waals surface area (Å²) in [7, 11) is 0. The minimum Gasteiger partial charge on any atom is -0.386 e. The number of urea groups is 1. The third kappa shape index (κ3) is 3.54. The molecule has 2 aromatic carbocycles. The number of aliphatic imine (C=N–C) groups is 1. The maximum absolute atomic E-state index is 13.1. The Kier molecular flexibility index (Phi) is 5.05. The van der Waals surface area contributed by atoms with Gasteiger partial charge in [-0.1, -0.05) is 59.9 Å². The molecule has 3 saturated heterocycles. The van der Waals surface area contributed by atoms with Crippen LogP contribution in [0, 0.1) is 0 Å². The first-order valence-corrected chi connectivity index (χ1v) is 12.4. The summed E-state index contributed by atoms with van der Waals surface area (Å²) in [6, 6.07) is 19.7. The van der Waals surface area contributed by atoms with Gasteiger partial charge in [-0.3, -0.25) is 15.5 Å². The molecule has 2 amide bonds. The van der Waals surface area contributed by atoms with Gasteiger partial charge in [-0.2, -0.15) is 0 Å². The van der Waals surface area contributed by atoms with E-state index in [1.165, 1.54) is 0 Å². The highest BCUT2D eigenvalue weighted by Crippen LogP contribution is 2.41. The number of rotatable bonds is 4. The fourth-order valence-corrected chi connectivity index (χ4v) is 7.24. The van der Waals surface area contributed by atoms with Gasteiger partial charge in [0.25, 0.3) is 0 Å². The van der Waals surface area contributed by atoms with Crippen molar-refractivity contribution >= 4 is 46.8 Å². The number of carbonyl (C=O) groups excluding carboxylic acids is 1. The molecular formula is C21H24N8OS2. The van der Waals surface area contributed by atoms with Crippen LogP contribution in [-0.4, -0.2) is 56.8 Å². The number of anilines is 2. The summed E-state index contributed by atoms with van der Waals surface area (Å²) < 4.78 is 0. The summed E-state index contributed by atoms with van der Waals surface area (Å²) in [6.45, 7) is 0. The Bertz CT molecular complexity index is 1020. The lowest BCUT2D eigenvalue weighted by Gasteiger charge is -2.46. The van der Waals surface area contributed by atoms with Crippen molar-refractivity contribution in [3.05, 3.63) is 60.7 Å². The number of nitrogens with one attached hydrogen (secondary N) is 5. The molecule has 0 spiro atoms. The van der Waals surface area contributed by atoms with Gasteiger partial charge < -0.3 is 21.7 Å². The van der Waals surface area contributed by atoms with Crippen molar-refractivity contribution in [2.75, 3.05) is 10.6 Å². The van der Waals surface area contributed by atoms with E-state index in [0.717, 1.165) is 11.4 Å². The van der Waals surface area contributed by atoms with Crippen molar-refractivity contribution in [1.82, 2.24) is 20.9 Å². The summed E-state index contributed by atoms with van der Waals surface area (Å²) >= 11 is 3.30. The molecule has 3 fully saturated rings. The van der Waals surface area contributed by atoms with Crippen molar-refractivity contribution < 1.29 is 4.79 Å². The van der Waals surface area contributed by atoms with Crippen LogP contribution in [0.3, 0.4) is 0 Å². The number of hydrogen-bond acceptors (Lipinski definition) is 9. The molecule has 11 heteroatoms. The monoisotopic (exact) mass is 468 g/mol. The van der Waals surface area contributed by atoms with Crippen molar-refractivity contribution in [2.24, 2.45) is 10.7 Å².